The summed E-state index contributed by atoms with van der Waals surface area (Å²) in [6, 6.07) is 0. The summed E-state index contributed by atoms with van der Waals surface area (Å²) in [5.74, 6) is 0. The van der Waals surface area contributed by atoms with Crippen molar-refractivity contribution < 1.29 is 20.4 Å². The third kappa shape index (κ3) is 11.7. The lowest BCUT2D eigenvalue weighted by Crippen LogP contribution is -2.55. The van der Waals surface area contributed by atoms with Gasteiger partial charge in [-0.15, -0.1) is 0 Å². The van der Waals surface area contributed by atoms with Crippen LogP contribution in [0.25, 0.3) is 0 Å². The van der Waals surface area contributed by atoms with Crippen LogP contribution in [0.15, 0.2) is 0 Å². The lowest BCUT2D eigenvalue weighted by atomic mass is 9.68. The zero-order chi connectivity index (χ0) is 21.8. The molecule has 0 heterocycles. The highest BCUT2D eigenvalue weighted by molar-refractivity contribution is 4.98. The standard InChI is InChI=1S/C25H52O4/c1-3-5-7-9-11-13-15-17-19-25(29,24(21-26,22-27)23-28)20-18-16-14-12-10-8-6-4-2/h26-29H,3-23H2,1-2H3. The normalized spacial score (nSPS) is 12.6. The molecular formula is C25H52O4. The Labute approximate surface area is 181 Å². The highest BCUT2D eigenvalue weighted by atomic mass is 16.3. The molecule has 0 rings (SSSR count). The van der Waals surface area contributed by atoms with Crippen LogP contribution in [0.5, 0.6) is 0 Å². The molecule has 0 saturated heterocycles. The largest absolute Gasteiger partial charge is 0.395 e. The van der Waals surface area contributed by atoms with Crippen LogP contribution in [0, 0.1) is 5.41 Å². The van der Waals surface area contributed by atoms with Gasteiger partial charge in [0.25, 0.3) is 0 Å². The molecule has 0 aromatic carbocycles. The average Bonchev–Trinajstić information content (AvgIpc) is 2.73. The van der Waals surface area contributed by atoms with Gasteiger partial charge in [-0.05, 0) is 12.8 Å². The summed E-state index contributed by atoms with van der Waals surface area (Å²) in [6.07, 6.45) is 20.1. The van der Waals surface area contributed by atoms with Gasteiger partial charge in [0.05, 0.1) is 30.8 Å². The van der Waals surface area contributed by atoms with Gasteiger partial charge in [0, 0.05) is 0 Å². The van der Waals surface area contributed by atoms with Crippen LogP contribution in [-0.4, -0.2) is 45.8 Å². The van der Waals surface area contributed by atoms with Crippen LogP contribution in [0.1, 0.15) is 129 Å². The Morgan fingerprint density at radius 2 is 0.724 bits per heavy atom. The number of aliphatic hydroxyl groups excluding tert-OH is 3. The van der Waals surface area contributed by atoms with Crippen molar-refractivity contribution in [3.05, 3.63) is 0 Å². The zero-order valence-corrected chi connectivity index (χ0v) is 19.6. The van der Waals surface area contributed by atoms with Gasteiger partial charge in [-0.3, -0.25) is 0 Å². The van der Waals surface area contributed by atoms with Gasteiger partial charge < -0.3 is 20.4 Å². The van der Waals surface area contributed by atoms with Crippen molar-refractivity contribution in [3.8, 4) is 0 Å². The zero-order valence-electron chi connectivity index (χ0n) is 19.6. The fourth-order valence-electron chi connectivity index (χ4n) is 4.35. The van der Waals surface area contributed by atoms with E-state index in [-0.39, 0.29) is 19.8 Å². The molecule has 0 spiro atoms. The molecule has 0 aromatic heterocycles. The van der Waals surface area contributed by atoms with Crippen LogP contribution in [0.3, 0.4) is 0 Å². The van der Waals surface area contributed by atoms with Crippen molar-refractivity contribution in [2.45, 2.75) is 135 Å². The summed E-state index contributed by atoms with van der Waals surface area (Å²) >= 11 is 0. The van der Waals surface area contributed by atoms with Crippen LogP contribution in [0.2, 0.25) is 0 Å². The Morgan fingerprint density at radius 1 is 0.448 bits per heavy atom. The monoisotopic (exact) mass is 416 g/mol. The molecule has 0 unspecified atom stereocenters. The van der Waals surface area contributed by atoms with E-state index in [0.29, 0.717) is 12.8 Å². The minimum atomic E-state index is -1.21. The molecule has 0 aromatic rings. The molecule has 0 aliphatic carbocycles. The minimum absolute atomic E-state index is 0.384. The molecular weight excluding hydrogens is 364 g/mol. The molecule has 0 saturated carbocycles. The second-order valence-corrected chi connectivity index (χ2v) is 9.24. The molecule has 0 aliphatic rings. The Bertz CT molecular complexity index is 313. The summed E-state index contributed by atoms with van der Waals surface area (Å²) < 4.78 is 0. The average molecular weight is 417 g/mol. The van der Waals surface area contributed by atoms with Gasteiger partial charge in [-0.25, -0.2) is 0 Å². The molecule has 4 heteroatoms. The van der Waals surface area contributed by atoms with Crippen LogP contribution >= 0.6 is 0 Å². The first kappa shape index (κ1) is 28.8. The van der Waals surface area contributed by atoms with E-state index in [9.17, 15) is 20.4 Å². The maximum atomic E-state index is 11.4. The van der Waals surface area contributed by atoms with E-state index >= 15 is 0 Å². The first-order valence-corrected chi connectivity index (χ1v) is 12.6. The van der Waals surface area contributed by atoms with Crippen LogP contribution < -0.4 is 0 Å². The van der Waals surface area contributed by atoms with Crippen LogP contribution in [-0.2, 0) is 0 Å². The summed E-state index contributed by atoms with van der Waals surface area (Å²) in [5, 5.41) is 41.0. The van der Waals surface area contributed by atoms with Crippen molar-refractivity contribution in [2.24, 2.45) is 5.41 Å². The van der Waals surface area contributed by atoms with E-state index in [4.69, 9.17) is 0 Å². The third-order valence-corrected chi connectivity index (χ3v) is 6.78. The molecule has 4 N–H and O–H groups in total. The van der Waals surface area contributed by atoms with E-state index < -0.39 is 11.0 Å². The summed E-state index contributed by atoms with van der Waals surface area (Å²) in [4.78, 5) is 0. The van der Waals surface area contributed by atoms with Gasteiger partial charge in [-0.1, -0.05) is 117 Å². The van der Waals surface area contributed by atoms with Gasteiger partial charge >= 0.3 is 0 Å². The number of aliphatic hydroxyl groups is 4. The number of hydrogen-bond donors (Lipinski definition) is 4. The van der Waals surface area contributed by atoms with Crippen molar-refractivity contribution in [2.75, 3.05) is 19.8 Å². The van der Waals surface area contributed by atoms with E-state index in [2.05, 4.69) is 13.8 Å². The van der Waals surface area contributed by atoms with E-state index in [0.717, 1.165) is 25.7 Å². The van der Waals surface area contributed by atoms with Crippen molar-refractivity contribution in [1.82, 2.24) is 0 Å². The smallest absolute Gasteiger partial charge is 0.0770 e. The molecule has 176 valence electrons. The fraction of sp³-hybridized carbons (Fsp3) is 1.00. The Balaban J connectivity index is 4.41. The highest BCUT2D eigenvalue weighted by Gasteiger charge is 2.48. The van der Waals surface area contributed by atoms with Gasteiger partial charge in [0.15, 0.2) is 0 Å². The van der Waals surface area contributed by atoms with Gasteiger partial charge in [0.1, 0.15) is 0 Å². The first-order valence-electron chi connectivity index (χ1n) is 12.6. The lowest BCUT2D eigenvalue weighted by molar-refractivity contribution is -0.162. The first-order chi connectivity index (χ1) is 14.1. The second kappa shape index (κ2) is 18.6. The quantitative estimate of drug-likeness (QED) is 0.170. The van der Waals surface area contributed by atoms with Crippen LogP contribution in [0.4, 0.5) is 0 Å². The molecule has 29 heavy (non-hydrogen) atoms. The predicted molar refractivity (Wildman–Crippen MR) is 123 cm³/mol. The summed E-state index contributed by atoms with van der Waals surface area (Å²) in [6.45, 7) is 3.30. The lowest BCUT2D eigenvalue weighted by Gasteiger charge is -2.44. The van der Waals surface area contributed by atoms with E-state index in [1.54, 1.807) is 0 Å². The molecule has 0 aliphatic heterocycles. The SMILES string of the molecule is CCCCCCCCCCC(O)(CCCCCCCCCC)C(CO)(CO)CO. The second-order valence-electron chi connectivity index (χ2n) is 9.24. The van der Waals surface area contributed by atoms with E-state index in [1.165, 1.54) is 77.0 Å². The molecule has 0 bridgehead atoms. The molecule has 0 fully saturated rings. The maximum Gasteiger partial charge on any atom is 0.0770 e. The fourth-order valence-corrected chi connectivity index (χ4v) is 4.35. The summed E-state index contributed by atoms with van der Waals surface area (Å²) in [5.41, 5.74) is -2.41. The minimum Gasteiger partial charge on any atom is -0.395 e. The Hall–Kier alpha value is -0.160. The number of unbranched alkanes of at least 4 members (excludes halogenated alkanes) is 14. The van der Waals surface area contributed by atoms with Crippen molar-refractivity contribution in [3.63, 3.8) is 0 Å². The topological polar surface area (TPSA) is 80.9 Å². The Kier molecular flexibility index (Phi) is 18.5. The number of hydrogen-bond acceptors (Lipinski definition) is 4. The van der Waals surface area contributed by atoms with E-state index in [1.807, 2.05) is 0 Å². The maximum absolute atomic E-state index is 11.4. The predicted octanol–water partition coefficient (Wildman–Crippen LogP) is 5.74. The number of rotatable bonds is 22. The highest BCUT2D eigenvalue weighted by Crippen LogP contribution is 2.39. The van der Waals surface area contributed by atoms with Gasteiger partial charge in [0.2, 0.25) is 0 Å². The molecule has 0 radical (unpaired) electrons. The molecule has 0 atom stereocenters. The van der Waals surface area contributed by atoms with Crippen molar-refractivity contribution in [1.29, 1.82) is 0 Å². The van der Waals surface area contributed by atoms with Crippen molar-refractivity contribution >= 4 is 0 Å². The Morgan fingerprint density at radius 3 is 1.00 bits per heavy atom. The molecule has 4 nitrogen and oxygen atoms in total. The summed E-state index contributed by atoms with van der Waals surface area (Å²) in [7, 11) is 0. The van der Waals surface area contributed by atoms with Gasteiger partial charge in [-0.2, -0.15) is 0 Å². The third-order valence-electron chi connectivity index (χ3n) is 6.78. The molecule has 0 amide bonds.